The molecule has 1 unspecified atom stereocenters. The normalized spacial score (nSPS) is 19.5. The number of para-hydroxylation sites is 1. The van der Waals surface area contributed by atoms with Crippen molar-refractivity contribution in [1.82, 2.24) is 0 Å². The van der Waals surface area contributed by atoms with Crippen LogP contribution in [0.15, 0.2) is 24.3 Å². The lowest BCUT2D eigenvalue weighted by molar-refractivity contribution is 0.0188. The lowest BCUT2D eigenvalue weighted by atomic mass is 9.81. The van der Waals surface area contributed by atoms with Crippen LogP contribution in [-0.4, -0.2) is 19.6 Å². The van der Waals surface area contributed by atoms with E-state index in [1.165, 1.54) is 0 Å². The quantitative estimate of drug-likeness (QED) is 0.825. The number of hydrogen-bond donors (Lipinski definition) is 1. The molecule has 1 aliphatic heterocycles. The van der Waals surface area contributed by atoms with E-state index in [1.807, 2.05) is 0 Å². The molecule has 1 aliphatic rings. The van der Waals surface area contributed by atoms with Crippen molar-refractivity contribution in [3.8, 4) is 0 Å². The highest BCUT2D eigenvalue weighted by Crippen LogP contribution is 2.38. The maximum absolute atomic E-state index is 13.3. The predicted octanol–water partition coefficient (Wildman–Crippen LogP) is 3.04. The number of nitrogen functional groups attached to an aromatic ring is 1. The van der Waals surface area contributed by atoms with Crippen LogP contribution in [0.3, 0.4) is 0 Å². The lowest BCUT2D eigenvalue weighted by Crippen LogP contribution is -2.27. The number of hydrogen-bond acceptors (Lipinski definition) is 2. The number of anilines is 1. The van der Waals surface area contributed by atoms with Crippen LogP contribution in [0.5, 0.6) is 0 Å². The molecule has 0 bridgehead atoms. The van der Waals surface area contributed by atoms with Gasteiger partial charge in [-0.05, 0) is 30.4 Å². The molecule has 0 spiro atoms. The van der Waals surface area contributed by atoms with Gasteiger partial charge >= 0.3 is 0 Å². The largest absolute Gasteiger partial charge is 0.398 e. The summed E-state index contributed by atoms with van der Waals surface area (Å²) < 4.78 is 31.7. The topological polar surface area (TPSA) is 35.2 Å². The molecule has 0 aliphatic carbocycles. The minimum atomic E-state index is -2.37. The van der Waals surface area contributed by atoms with Gasteiger partial charge in [0, 0.05) is 24.8 Å². The third-order valence-corrected chi connectivity index (χ3v) is 3.40. The van der Waals surface area contributed by atoms with E-state index < -0.39 is 12.3 Å². The minimum Gasteiger partial charge on any atom is -0.398 e. The van der Waals surface area contributed by atoms with Gasteiger partial charge in [0.2, 0.25) is 6.43 Å². The summed E-state index contributed by atoms with van der Waals surface area (Å²) in [5.41, 5.74) is 6.84. The zero-order chi connectivity index (χ0) is 12.3. The van der Waals surface area contributed by atoms with Crippen LogP contribution < -0.4 is 5.73 Å². The Hall–Kier alpha value is -1.16. The van der Waals surface area contributed by atoms with Gasteiger partial charge in [0.15, 0.2) is 0 Å². The molecule has 0 radical (unpaired) electrons. The van der Waals surface area contributed by atoms with Gasteiger partial charge < -0.3 is 10.5 Å². The molecule has 1 fully saturated rings. The molecule has 1 aromatic carbocycles. The van der Waals surface area contributed by atoms with Crippen LogP contribution >= 0.6 is 0 Å². The van der Waals surface area contributed by atoms with Crippen LogP contribution in [-0.2, 0) is 4.74 Å². The molecule has 94 valence electrons. The summed E-state index contributed by atoms with van der Waals surface area (Å²) in [6.45, 7) is 1.14. The lowest BCUT2D eigenvalue weighted by Gasteiger charge is -2.30. The average Bonchev–Trinajstić information content (AvgIpc) is 2.33. The van der Waals surface area contributed by atoms with Gasteiger partial charge in [-0.3, -0.25) is 0 Å². The summed E-state index contributed by atoms with van der Waals surface area (Å²) in [7, 11) is 0. The summed E-state index contributed by atoms with van der Waals surface area (Å²) in [4.78, 5) is 0. The van der Waals surface area contributed by atoms with Crippen molar-refractivity contribution in [2.45, 2.75) is 25.2 Å². The Morgan fingerprint density at radius 2 is 1.82 bits per heavy atom. The number of nitrogens with two attached hydrogens (primary N) is 1. The maximum atomic E-state index is 13.3. The highest BCUT2D eigenvalue weighted by molar-refractivity contribution is 5.49. The van der Waals surface area contributed by atoms with Crippen molar-refractivity contribution in [1.29, 1.82) is 0 Å². The fraction of sp³-hybridized carbons (Fsp3) is 0.538. The van der Waals surface area contributed by atoms with E-state index in [2.05, 4.69) is 0 Å². The fourth-order valence-corrected chi connectivity index (χ4v) is 2.48. The summed E-state index contributed by atoms with van der Waals surface area (Å²) in [5.74, 6) is -0.798. The standard InChI is InChI=1S/C13H17F2NO/c14-13(15)12(9-5-7-17-8-6-9)10-3-1-2-4-11(10)16/h1-4,9,12-13H,5-8,16H2. The molecule has 0 aromatic heterocycles. The zero-order valence-corrected chi connectivity index (χ0v) is 9.61. The van der Waals surface area contributed by atoms with E-state index >= 15 is 0 Å². The smallest absolute Gasteiger partial charge is 0.245 e. The van der Waals surface area contributed by atoms with Crippen molar-refractivity contribution in [2.24, 2.45) is 5.92 Å². The van der Waals surface area contributed by atoms with Gasteiger partial charge in [0.1, 0.15) is 0 Å². The minimum absolute atomic E-state index is 0.0338. The van der Waals surface area contributed by atoms with Gasteiger partial charge in [-0.1, -0.05) is 18.2 Å². The van der Waals surface area contributed by atoms with E-state index in [-0.39, 0.29) is 5.92 Å². The summed E-state index contributed by atoms with van der Waals surface area (Å²) in [5, 5.41) is 0. The first-order valence-electron chi connectivity index (χ1n) is 5.90. The molecule has 1 saturated heterocycles. The second-order valence-electron chi connectivity index (χ2n) is 4.44. The van der Waals surface area contributed by atoms with Crippen LogP contribution in [0.4, 0.5) is 14.5 Å². The van der Waals surface area contributed by atoms with Gasteiger partial charge in [-0.2, -0.15) is 0 Å². The Morgan fingerprint density at radius 3 is 2.41 bits per heavy atom. The molecule has 1 heterocycles. The van der Waals surface area contributed by atoms with E-state index in [9.17, 15) is 8.78 Å². The number of halogens is 2. The van der Waals surface area contributed by atoms with Crippen molar-refractivity contribution >= 4 is 5.69 Å². The van der Waals surface area contributed by atoms with Gasteiger partial charge in [-0.15, -0.1) is 0 Å². The Labute approximate surface area is 99.8 Å². The number of benzene rings is 1. The maximum Gasteiger partial charge on any atom is 0.245 e. The summed E-state index contributed by atoms with van der Waals surface area (Å²) >= 11 is 0. The number of rotatable bonds is 3. The molecule has 1 atom stereocenters. The second kappa shape index (κ2) is 5.45. The Balaban J connectivity index is 2.25. The van der Waals surface area contributed by atoms with Crippen LogP contribution in [0.2, 0.25) is 0 Å². The molecule has 1 aromatic rings. The van der Waals surface area contributed by atoms with Crippen molar-refractivity contribution in [2.75, 3.05) is 18.9 Å². The Kier molecular flexibility index (Phi) is 3.94. The molecule has 4 heteroatoms. The Bertz CT molecular complexity index is 364. The first kappa shape index (κ1) is 12.3. The highest BCUT2D eigenvalue weighted by atomic mass is 19.3. The molecular weight excluding hydrogens is 224 g/mol. The van der Waals surface area contributed by atoms with E-state index in [0.717, 1.165) is 0 Å². The zero-order valence-electron chi connectivity index (χ0n) is 9.61. The molecule has 2 N–H and O–H groups in total. The van der Waals surface area contributed by atoms with Crippen LogP contribution in [0, 0.1) is 5.92 Å². The van der Waals surface area contributed by atoms with Crippen LogP contribution in [0.25, 0.3) is 0 Å². The van der Waals surface area contributed by atoms with E-state index in [0.29, 0.717) is 37.3 Å². The summed E-state index contributed by atoms with van der Waals surface area (Å²) in [6.07, 6.45) is -1.00. The average molecular weight is 241 g/mol. The SMILES string of the molecule is Nc1ccccc1C(C(F)F)C1CCOCC1. The second-order valence-corrected chi connectivity index (χ2v) is 4.44. The monoisotopic (exact) mass is 241 g/mol. The number of alkyl halides is 2. The van der Waals surface area contributed by atoms with Gasteiger partial charge in [0.25, 0.3) is 0 Å². The third-order valence-electron chi connectivity index (χ3n) is 3.40. The van der Waals surface area contributed by atoms with E-state index in [4.69, 9.17) is 10.5 Å². The van der Waals surface area contributed by atoms with Gasteiger partial charge in [0.05, 0.1) is 0 Å². The third kappa shape index (κ3) is 2.75. The first-order valence-corrected chi connectivity index (χ1v) is 5.90. The van der Waals surface area contributed by atoms with Crippen molar-refractivity contribution in [3.05, 3.63) is 29.8 Å². The van der Waals surface area contributed by atoms with Crippen molar-refractivity contribution in [3.63, 3.8) is 0 Å². The summed E-state index contributed by atoms with van der Waals surface area (Å²) in [6, 6.07) is 6.93. The Morgan fingerprint density at radius 1 is 1.18 bits per heavy atom. The fourth-order valence-electron chi connectivity index (χ4n) is 2.48. The first-order chi connectivity index (χ1) is 8.20. The molecule has 0 amide bonds. The predicted molar refractivity (Wildman–Crippen MR) is 63.1 cm³/mol. The molecule has 2 nitrogen and oxygen atoms in total. The molecule has 2 rings (SSSR count). The number of ether oxygens (including phenoxy) is 1. The molecular formula is C13H17F2NO. The van der Waals surface area contributed by atoms with E-state index in [1.54, 1.807) is 24.3 Å². The highest BCUT2D eigenvalue weighted by Gasteiger charge is 2.33. The van der Waals surface area contributed by atoms with Gasteiger partial charge in [-0.25, -0.2) is 8.78 Å². The van der Waals surface area contributed by atoms with Crippen LogP contribution in [0.1, 0.15) is 24.3 Å². The van der Waals surface area contributed by atoms with Crippen molar-refractivity contribution < 1.29 is 13.5 Å². The molecule has 0 saturated carbocycles. The molecule has 17 heavy (non-hydrogen) atoms.